The SMILES string of the molecule is COc1ccc(C[NH+](CC(=O)Nc2cc(-c3ccc(C)cc3)no2)C2CC2)cc1. The average Bonchev–Trinajstić information content (AvgIpc) is 3.48. The van der Waals surface area contributed by atoms with Crippen molar-refractivity contribution in [3.05, 3.63) is 65.7 Å². The number of quaternary nitrogens is 1. The highest BCUT2D eigenvalue weighted by atomic mass is 16.5. The summed E-state index contributed by atoms with van der Waals surface area (Å²) in [6, 6.07) is 18.4. The summed E-state index contributed by atoms with van der Waals surface area (Å²) in [6.07, 6.45) is 2.33. The highest BCUT2D eigenvalue weighted by Crippen LogP contribution is 2.22. The third kappa shape index (κ3) is 5.03. The van der Waals surface area contributed by atoms with Crippen molar-refractivity contribution in [3.63, 3.8) is 0 Å². The van der Waals surface area contributed by atoms with Crippen molar-refractivity contribution in [2.45, 2.75) is 32.4 Å². The minimum absolute atomic E-state index is 0.0629. The van der Waals surface area contributed by atoms with E-state index < -0.39 is 0 Å². The van der Waals surface area contributed by atoms with Gasteiger partial charge in [0.15, 0.2) is 6.54 Å². The molecule has 1 atom stereocenters. The fourth-order valence-electron chi connectivity index (χ4n) is 3.43. The predicted octanol–water partition coefficient (Wildman–Crippen LogP) is 2.84. The van der Waals surface area contributed by atoms with Crippen molar-refractivity contribution < 1.29 is 19.0 Å². The standard InChI is InChI=1S/C23H25N3O3/c1-16-3-7-18(8-4-16)21-13-23(29-25-21)24-22(27)15-26(19-9-10-19)14-17-5-11-20(28-2)12-6-17/h3-8,11-13,19H,9-10,14-15H2,1-2H3,(H,24,27)/p+1. The lowest BCUT2D eigenvalue weighted by Crippen LogP contribution is -3.13. The molecule has 1 fully saturated rings. The first-order valence-electron chi connectivity index (χ1n) is 9.92. The van der Waals surface area contributed by atoms with Gasteiger partial charge in [-0.25, -0.2) is 0 Å². The van der Waals surface area contributed by atoms with Crippen molar-refractivity contribution in [1.82, 2.24) is 5.16 Å². The second-order valence-corrected chi connectivity index (χ2v) is 7.62. The van der Waals surface area contributed by atoms with Gasteiger partial charge in [-0.05, 0) is 31.2 Å². The van der Waals surface area contributed by atoms with E-state index in [-0.39, 0.29) is 5.91 Å². The fourth-order valence-corrected chi connectivity index (χ4v) is 3.43. The number of aromatic nitrogens is 1. The second-order valence-electron chi connectivity index (χ2n) is 7.62. The number of nitrogens with one attached hydrogen (secondary N) is 2. The summed E-state index contributed by atoms with van der Waals surface area (Å²) in [5.41, 5.74) is 4.06. The van der Waals surface area contributed by atoms with E-state index in [2.05, 4.69) is 22.6 Å². The Bertz CT molecular complexity index is 960. The molecule has 2 N–H and O–H groups in total. The molecule has 6 nitrogen and oxygen atoms in total. The molecule has 1 heterocycles. The quantitative estimate of drug-likeness (QED) is 0.619. The van der Waals surface area contributed by atoms with Gasteiger partial charge in [0.05, 0.1) is 13.2 Å². The molecule has 29 heavy (non-hydrogen) atoms. The first kappa shape index (κ1) is 19.2. The Morgan fingerprint density at radius 2 is 1.90 bits per heavy atom. The number of anilines is 1. The first-order chi connectivity index (χ1) is 14.1. The van der Waals surface area contributed by atoms with Crippen LogP contribution in [0.2, 0.25) is 0 Å². The Hall–Kier alpha value is -3.12. The van der Waals surface area contributed by atoms with Gasteiger partial charge in [0, 0.05) is 30.0 Å². The van der Waals surface area contributed by atoms with Crippen LogP contribution in [0.25, 0.3) is 11.3 Å². The number of nitrogens with zero attached hydrogens (tertiary/aromatic N) is 1. The average molecular weight is 392 g/mol. The smallest absolute Gasteiger partial charge is 0.281 e. The molecule has 0 bridgehead atoms. The summed E-state index contributed by atoms with van der Waals surface area (Å²) < 4.78 is 10.5. The third-order valence-corrected chi connectivity index (χ3v) is 5.25. The highest BCUT2D eigenvalue weighted by molar-refractivity contribution is 5.90. The molecule has 1 amide bonds. The van der Waals surface area contributed by atoms with Crippen LogP contribution in [0.5, 0.6) is 5.75 Å². The maximum Gasteiger partial charge on any atom is 0.281 e. The Morgan fingerprint density at radius 1 is 1.17 bits per heavy atom. The summed E-state index contributed by atoms with van der Waals surface area (Å²) in [4.78, 5) is 13.9. The van der Waals surface area contributed by atoms with Gasteiger partial charge in [-0.2, -0.15) is 0 Å². The van der Waals surface area contributed by atoms with Crippen LogP contribution in [0, 0.1) is 6.92 Å². The maximum absolute atomic E-state index is 12.6. The van der Waals surface area contributed by atoms with Crippen molar-refractivity contribution in [3.8, 4) is 17.0 Å². The molecule has 0 radical (unpaired) electrons. The zero-order chi connectivity index (χ0) is 20.2. The van der Waals surface area contributed by atoms with Crippen LogP contribution in [0.1, 0.15) is 24.0 Å². The van der Waals surface area contributed by atoms with Crippen LogP contribution in [-0.4, -0.2) is 30.8 Å². The van der Waals surface area contributed by atoms with Gasteiger partial charge in [-0.15, -0.1) is 0 Å². The Balaban J connectivity index is 1.36. The summed E-state index contributed by atoms with van der Waals surface area (Å²) in [5, 5.41) is 6.92. The van der Waals surface area contributed by atoms with E-state index in [0.717, 1.165) is 17.9 Å². The lowest BCUT2D eigenvalue weighted by atomic mass is 10.1. The molecule has 0 saturated heterocycles. The van der Waals surface area contributed by atoms with E-state index in [4.69, 9.17) is 9.26 Å². The van der Waals surface area contributed by atoms with Crippen LogP contribution < -0.4 is 15.0 Å². The number of carbonyl (C=O) groups excluding carboxylic acids is 1. The molecule has 0 spiro atoms. The molecule has 1 unspecified atom stereocenters. The van der Waals surface area contributed by atoms with Crippen molar-refractivity contribution >= 4 is 11.8 Å². The van der Waals surface area contributed by atoms with Gasteiger partial charge in [0.25, 0.3) is 5.91 Å². The van der Waals surface area contributed by atoms with Crippen LogP contribution >= 0.6 is 0 Å². The monoisotopic (exact) mass is 392 g/mol. The number of hydrogen-bond acceptors (Lipinski definition) is 4. The highest BCUT2D eigenvalue weighted by Gasteiger charge is 2.34. The zero-order valence-corrected chi connectivity index (χ0v) is 16.8. The van der Waals surface area contributed by atoms with Crippen molar-refractivity contribution in [2.75, 3.05) is 19.0 Å². The summed E-state index contributed by atoms with van der Waals surface area (Å²) in [7, 11) is 1.66. The molecule has 1 saturated carbocycles. The number of ether oxygens (including phenoxy) is 1. The summed E-state index contributed by atoms with van der Waals surface area (Å²) >= 11 is 0. The lowest BCUT2D eigenvalue weighted by Gasteiger charge is -2.18. The van der Waals surface area contributed by atoms with E-state index in [1.807, 2.05) is 43.3 Å². The number of rotatable bonds is 8. The molecule has 0 aliphatic heterocycles. The maximum atomic E-state index is 12.6. The number of aryl methyl sites for hydroxylation is 1. The predicted molar refractivity (Wildman–Crippen MR) is 111 cm³/mol. The van der Waals surface area contributed by atoms with Crippen LogP contribution in [0.3, 0.4) is 0 Å². The lowest BCUT2D eigenvalue weighted by molar-refractivity contribution is -0.916. The second kappa shape index (κ2) is 8.49. The molecule has 3 aromatic rings. The van der Waals surface area contributed by atoms with Crippen LogP contribution in [0.4, 0.5) is 5.88 Å². The molecule has 1 aliphatic carbocycles. The Morgan fingerprint density at radius 3 is 2.55 bits per heavy atom. The minimum atomic E-state index is -0.0629. The molecule has 6 heteroatoms. The van der Waals surface area contributed by atoms with E-state index in [9.17, 15) is 4.79 Å². The van der Waals surface area contributed by atoms with Gasteiger partial charge in [-0.1, -0.05) is 35.0 Å². The van der Waals surface area contributed by atoms with Gasteiger partial charge in [0.2, 0.25) is 5.88 Å². The minimum Gasteiger partial charge on any atom is -0.497 e. The van der Waals surface area contributed by atoms with E-state index in [0.29, 0.717) is 24.2 Å². The largest absolute Gasteiger partial charge is 0.497 e. The normalized spacial score (nSPS) is 14.4. The zero-order valence-electron chi connectivity index (χ0n) is 16.8. The van der Waals surface area contributed by atoms with Gasteiger partial charge >= 0.3 is 0 Å². The van der Waals surface area contributed by atoms with Crippen molar-refractivity contribution in [1.29, 1.82) is 0 Å². The van der Waals surface area contributed by atoms with E-state index in [1.165, 1.54) is 28.9 Å². The molecule has 1 aliphatic rings. The third-order valence-electron chi connectivity index (χ3n) is 5.25. The number of amides is 1. The number of benzene rings is 2. The van der Waals surface area contributed by atoms with Crippen LogP contribution in [0.15, 0.2) is 59.1 Å². The summed E-state index contributed by atoms with van der Waals surface area (Å²) in [5.74, 6) is 1.16. The molecule has 150 valence electrons. The molecule has 2 aromatic carbocycles. The number of hydrogen-bond donors (Lipinski definition) is 2. The summed E-state index contributed by atoms with van der Waals surface area (Å²) in [6.45, 7) is 3.25. The Labute approximate surface area is 170 Å². The van der Waals surface area contributed by atoms with E-state index >= 15 is 0 Å². The topological polar surface area (TPSA) is 68.8 Å². The van der Waals surface area contributed by atoms with Crippen LogP contribution in [-0.2, 0) is 11.3 Å². The van der Waals surface area contributed by atoms with Gasteiger partial charge < -0.3 is 14.2 Å². The van der Waals surface area contributed by atoms with Crippen molar-refractivity contribution in [2.24, 2.45) is 0 Å². The van der Waals surface area contributed by atoms with E-state index in [1.54, 1.807) is 13.2 Å². The first-order valence-corrected chi connectivity index (χ1v) is 9.92. The Kier molecular flexibility index (Phi) is 5.62. The molecule has 1 aromatic heterocycles. The fraction of sp³-hybridized carbons (Fsp3) is 0.304. The van der Waals surface area contributed by atoms with Gasteiger partial charge in [-0.3, -0.25) is 10.1 Å². The molecular weight excluding hydrogens is 366 g/mol. The molecular formula is C23H26N3O3+. The van der Waals surface area contributed by atoms with Gasteiger partial charge in [0.1, 0.15) is 18.0 Å². The molecule has 4 rings (SSSR count). The number of carbonyl (C=O) groups is 1. The number of methoxy groups -OCH3 is 1.